The van der Waals surface area contributed by atoms with Crippen LogP contribution < -0.4 is 10.5 Å². The first-order valence-corrected chi connectivity index (χ1v) is 6.77. The minimum absolute atomic E-state index is 0.541. The van der Waals surface area contributed by atoms with Gasteiger partial charge in [0, 0.05) is 32.0 Å². The summed E-state index contributed by atoms with van der Waals surface area (Å²) in [6.45, 7) is 2.97. The largest absolute Gasteiger partial charge is 0.492 e. The summed E-state index contributed by atoms with van der Waals surface area (Å²) in [5.74, 6) is 0.880. The third-order valence-corrected chi connectivity index (χ3v) is 3.08. The highest BCUT2D eigenvalue weighted by molar-refractivity contribution is 5.28. The van der Waals surface area contributed by atoms with Crippen molar-refractivity contribution < 1.29 is 4.74 Å². The van der Waals surface area contributed by atoms with Crippen molar-refractivity contribution in [1.82, 2.24) is 9.88 Å². The van der Waals surface area contributed by atoms with Gasteiger partial charge >= 0.3 is 0 Å². The van der Waals surface area contributed by atoms with Gasteiger partial charge < -0.3 is 10.5 Å². The summed E-state index contributed by atoms with van der Waals surface area (Å²) in [6, 6.07) is 12.0. The minimum Gasteiger partial charge on any atom is -0.492 e. The van der Waals surface area contributed by atoms with Gasteiger partial charge in [0.2, 0.25) is 0 Å². The first-order valence-electron chi connectivity index (χ1n) is 6.77. The number of ether oxygens (including phenoxy) is 1. The number of nitrogens with zero attached hydrogens (tertiary/aromatic N) is 2. The summed E-state index contributed by atoms with van der Waals surface area (Å²) in [5, 5.41) is 0. The lowest BCUT2D eigenvalue weighted by atomic mass is 10.2. The third kappa shape index (κ3) is 4.64. The average molecular weight is 271 g/mol. The number of aromatic nitrogens is 1. The monoisotopic (exact) mass is 271 g/mol. The topological polar surface area (TPSA) is 51.4 Å². The highest BCUT2D eigenvalue weighted by atomic mass is 16.5. The Morgan fingerprint density at radius 2 is 1.95 bits per heavy atom. The Morgan fingerprint density at radius 3 is 2.70 bits per heavy atom. The lowest BCUT2D eigenvalue weighted by Crippen LogP contribution is -2.23. The zero-order chi connectivity index (χ0) is 14.2. The zero-order valence-corrected chi connectivity index (χ0v) is 11.8. The summed E-state index contributed by atoms with van der Waals surface area (Å²) in [5.41, 5.74) is 7.96. The van der Waals surface area contributed by atoms with E-state index in [9.17, 15) is 0 Å². The summed E-state index contributed by atoms with van der Waals surface area (Å²) in [7, 11) is 2.08. The molecular formula is C16H21N3O. The number of rotatable bonds is 7. The number of hydrogen-bond acceptors (Lipinski definition) is 4. The lowest BCUT2D eigenvalue weighted by molar-refractivity contribution is 0.232. The third-order valence-electron chi connectivity index (χ3n) is 3.08. The Morgan fingerprint density at radius 1 is 1.15 bits per heavy atom. The van der Waals surface area contributed by atoms with Crippen LogP contribution in [0.4, 0.5) is 0 Å². The molecule has 106 valence electrons. The first-order chi connectivity index (χ1) is 9.78. The van der Waals surface area contributed by atoms with E-state index >= 15 is 0 Å². The molecule has 0 aliphatic rings. The Kier molecular flexibility index (Phi) is 5.53. The number of nitrogens with two attached hydrogens (primary N) is 1. The highest BCUT2D eigenvalue weighted by Gasteiger charge is 2.01. The van der Waals surface area contributed by atoms with Crippen LogP contribution in [0.15, 0.2) is 48.8 Å². The van der Waals surface area contributed by atoms with Crippen molar-refractivity contribution >= 4 is 0 Å². The predicted molar refractivity (Wildman–Crippen MR) is 80.4 cm³/mol. The second-order valence-corrected chi connectivity index (χ2v) is 4.79. The summed E-state index contributed by atoms with van der Waals surface area (Å²) in [6.07, 6.45) is 3.63. The van der Waals surface area contributed by atoms with Crippen LogP contribution >= 0.6 is 0 Å². The maximum absolute atomic E-state index is 5.75. The van der Waals surface area contributed by atoms with Crippen molar-refractivity contribution in [2.75, 3.05) is 20.2 Å². The van der Waals surface area contributed by atoms with Crippen molar-refractivity contribution in [1.29, 1.82) is 0 Å². The molecule has 0 radical (unpaired) electrons. The molecule has 0 amide bonds. The molecule has 0 fully saturated rings. The fourth-order valence-electron chi connectivity index (χ4n) is 1.96. The highest BCUT2D eigenvalue weighted by Crippen LogP contribution is 2.12. The van der Waals surface area contributed by atoms with Gasteiger partial charge in [0.25, 0.3) is 0 Å². The number of benzene rings is 1. The van der Waals surface area contributed by atoms with E-state index in [0.29, 0.717) is 13.2 Å². The summed E-state index contributed by atoms with van der Waals surface area (Å²) in [4.78, 5) is 6.24. The molecule has 1 aromatic heterocycles. The molecule has 2 N–H and O–H groups in total. The fraction of sp³-hybridized carbons (Fsp3) is 0.312. The van der Waals surface area contributed by atoms with Crippen LogP contribution in [0.25, 0.3) is 0 Å². The van der Waals surface area contributed by atoms with Gasteiger partial charge in [-0.2, -0.15) is 0 Å². The molecule has 0 spiro atoms. The second-order valence-electron chi connectivity index (χ2n) is 4.79. The predicted octanol–water partition coefficient (Wildman–Crippen LogP) is 2.05. The van der Waals surface area contributed by atoms with Gasteiger partial charge in [0.15, 0.2) is 0 Å². The summed E-state index contributed by atoms with van der Waals surface area (Å²) >= 11 is 0. The molecule has 0 saturated heterocycles. The van der Waals surface area contributed by atoms with E-state index in [-0.39, 0.29) is 0 Å². The molecule has 1 heterocycles. The lowest BCUT2D eigenvalue weighted by Gasteiger charge is -2.17. The van der Waals surface area contributed by atoms with E-state index in [4.69, 9.17) is 10.5 Å². The van der Waals surface area contributed by atoms with Crippen LogP contribution in [0.3, 0.4) is 0 Å². The Bertz CT molecular complexity index is 516. The van der Waals surface area contributed by atoms with Crippen molar-refractivity contribution in [3.8, 4) is 5.75 Å². The Labute approximate surface area is 120 Å². The molecule has 20 heavy (non-hydrogen) atoms. The van der Waals surface area contributed by atoms with E-state index in [1.807, 2.05) is 48.8 Å². The maximum Gasteiger partial charge on any atom is 0.119 e. The SMILES string of the molecule is CN(CCOc1cccc(CN)c1)Cc1ccncc1. The van der Waals surface area contributed by atoms with E-state index in [1.54, 1.807) is 0 Å². The van der Waals surface area contributed by atoms with Crippen molar-refractivity contribution in [3.05, 3.63) is 59.9 Å². The van der Waals surface area contributed by atoms with Crippen LogP contribution in [-0.2, 0) is 13.1 Å². The van der Waals surface area contributed by atoms with E-state index in [2.05, 4.69) is 16.9 Å². The fourth-order valence-corrected chi connectivity index (χ4v) is 1.96. The summed E-state index contributed by atoms with van der Waals surface area (Å²) < 4.78 is 5.75. The Hall–Kier alpha value is -1.91. The van der Waals surface area contributed by atoms with E-state index < -0.39 is 0 Å². The van der Waals surface area contributed by atoms with Crippen LogP contribution in [0.1, 0.15) is 11.1 Å². The zero-order valence-electron chi connectivity index (χ0n) is 11.8. The number of likely N-dealkylation sites (N-methyl/N-ethyl adjacent to an activating group) is 1. The molecular weight excluding hydrogens is 250 g/mol. The first kappa shape index (κ1) is 14.5. The molecule has 0 aliphatic heterocycles. The van der Waals surface area contributed by atoms with E-state index in [0.717, 1.165) is 24.4 Å². The second kappa shape index (κ2) is 7.62. The van der Waals surface area contributed by atoms with Crippen molar-refractivity contribution in [3.63, 3.8) is 0 Å². The van der Waals surface area contributed by atoms with Crippen molar-refractivity contribution in [2.45, 2.75) is 13.1 Å². The van der Waals surface area contributed by atoms with Crippen LogP contribution in [0, 0.1) is 0 Å². The molecule has 0 bridgehead atoms. The van der Waals surface area contributed by atoms with Gasteiger partial charge in [-0.05, 0) is 42.4 Å². The van der Waals surface area contributed by atoms with Crippen molar-refractivity contribution in [2.24, 2.45) is 5.73 Å². The molecule has 2 rings (SSSR count). The normalized spacial score (nSPS) is 10.8. The van der Waals surface area contributed by atoms with Gasteiger partial charge in [-0.25, -0.2) is 0 Å². The van der Waals surface area contributed by atoms with Gasteiger partial charge in [0.1, 0.15) is 12.4 Å². The molecule has 2 aromatic rings. The van der Waals surface area contributed by atoms with Gasteiger partial charge in [-0.3, -0.25) is 9.88 Å². The van der Waals surface area contributed by atoms with Crippen LogP contribution in [0.5, 0.6) is 5.75 Å². The average Bonchev–Trinajstić information content (AvgIpc) is 2.48. The maximum atomic E-state index is 5.75. The van der Waals surface area contributed by atoms with Gasteiger partial charge in [-0.15, -0.1) is 0 Å². The van der Waals surface area contributed by atoms with Gasteiger partial charge in [0.05, 0.1) is 0 Å². The minimum atomic E-state index is 0.541. The van der Waals surface area contributed by atoms with Crippen LogP contribution in [0.2, 0.25) is 0 Å². The Balaban J connectivity index is 1.75. The van der Waals surface area contributed by atoms with E-state index in [1.165, 1.54) is 5.56 Å². The number of pyridine rings is 1. The molecule has 0 atom stereocenters. The number of hydrogen-bond donors (Lipinski definition) is 1. The van der Waals surface area contributed by atoms with Crippen LogP contribution in [-0.4, -0.2) is 30.1 Å². The molecule has 0 unspecified atom stereocenters. The standard InChI is InChI=1S/C16H21N3O/c1-19(13-14-5-7-18-8-6-14)9-10-20-16-4-2-3-15(11-16)12-17/h2-8,11H,9-10,12-13,17H2,1H3. The molecule has 4 heteroatoms. The quantitative estimate of drug-likeness (QED) is 0.837. The molecule has 0 saturated carbocycles. The molecule has 1 aromatic carbocycles. The smallest absolute Gasteiger partial charge is 0.119 e. The van der Waals surface area contributed by atoms with Gasteiger partial charge in [-0.1, -0.05) is 12.1 Å². The molecule has 0 aliphatic carbocycles. The molecule has 4 nitrogen and oxygen atoms in total.